The predicted octanol–water partition coefficient (Wildman–Crippen LogP) is 4.03. The van der Waals surface area contributed by atoms with Gasteiger partial charge in [0.2, 0.25) is 5.91 Å². The molecule has 0 atom stereocenters. The number of nitrogens with one attached hydrogen (secondary N) is 1. The van der Waals surface area contributed by atoms with Gasteiger partial charge in [-0.25, -0.2) is 4.79 Å². The molecule has 0 unspecified atom stereocenters. The Labute approximate surface area is 214 Å². The second kappa shape index (κ2) is 9.81. The average Bonchev–Trinajstić information content (AvgIpc) is 3.08. The third kappa shape index (κ3) is 4.59. The van der Waals surface area contributed by atoms with Crippen LogP contribution in [-0.4, -0.2) is 76.1 Å². The fraction of sp³-hybridized carbons (Fsp3) is 0.571. The first-order valence-electron chi connectivity index (χ1n) is 13.2. The summed E-state index contributed by atoms with van der Waals surface area (Å²) in [6.07, 6.45) is 7.46. The van der Waals surface area contributed by atoms with E-state index >= 15 is 0 Å². The summed E-state index contributed by atoms with van der Waals surface area (Å²) in [6, 6.07) is 14.3. The van der Waals surface area contributed by atoms with Crippen LogP contribution >= 0.6 is 0 Å². The topological polar surface area (TPSA) is 81.7 Å². The van der Waals surface area contributed by atoms with Gasteiger partial charge in [0.25, 0.3) is 0 Å². The monoisotopic (exact) mass is 490 g/mol. The quantitative estimate of drug-likeness (QED) is 0.634. The molecule has 3 amide bonds. The van der Waals surface area contributed by atoms with Crippen LogP contribution in [0.5, 0.6) is 0 Å². The summed E-state index contributed by atoms with van der Waals surface area (Å²) < 4.78 is 0. The average molecular weight is 491 g/mol. The molecule has 1 saturated heterocycles. The maximum Gasteiger partial charge on any atom is 0.321 e. The van der Waals surface area contributed by atoms with Crippen molar-refractivity contribution >= 4 is 17.8 Å². The maximum absolute atomic E-state index is 13.7. The van der Waals surface area contributed by atoms with Crippen LogP contribution in [0.2, 0.25) is 0 Å². The van der Waals surface area contributed by atoms with E-state index in [1.807, 2.05) is 13.0 Å². The SMILES string of the molecule is Cc1ccc(NC(=O)CN2CC3(CCC(c4ccccc4)(N(C)C)CC3)N(CC3CCC3)C2=O)nn1. The van der Waals surface area contributed by atoms with Gasteiger partial charge in [-0.1, -0.05) is 36.8 Å². The Bertz CT molecular complexity index is 1070. The largest absolute Gasteiger partial charge is 0.321 e. The van der Waals surface area contributed by atoms with E-state index in [1.54, 1.807) is 11.0 Å². The van der Waals surface area contributed by atoms with Gasteiger partial charge in [-0.15, -0.1) is 5.10 Å². The van der Waals surface area contributed by atoms with E-state index in [0.29, 0.717) is 18.3 Å². The molecule has 0 radical (unpaired) electrons. The van der Waals surface area contributed by atoms with Gasteiger partial charge >= 0.3 is 6.03 Å². The molecule has 36 heavy (non-hydrogen) atoms. The number of benzene rings is 1. The van der Waals surface area contributed by atoms with Crippen LogP contribution < -0.4 is 5.32 Å². The zero-order valence-corrected chi connectivity index (χ0v) is 21.7. The summed E-state index contributed by atoms with van der Waals surface area (Å²) in [4.78, 5) is 32.8. The first-order valence-corrected chi connectivity index (χ1v) is 13.2. The smallest absolute Gasteiger partial charge is 0.317 e. The Kier molecular flexibility index (Phi) is 6.72. The molecule has 1 aliphatic heterocycles. The summed E-state index contributed by atoms with van der Waals surface area (Å²) in [6.45, 7) is 3.30. The lowest BCUT2D eigenvalue weighted by molar-refractivity contribution is -0.116. The molecule has 3 fully saturated rings. The molecule has 1 aromatic heterocycles. The first kappa shape index (κ1) is 24.7. The Morgan fingerprint density at radius 3 is 2.36 bits per heavy atom. The molecule has 8 heteroatoms. The van der Waals surface area contributed by atoms with Crippen molar-refractivity contribution < 1.29 is 9.59 Å². The zero-order chi connectivity index (χ0) is 25.3. The Hall–Kier alpha value is -3.00. The Balaban J connectivity index is 1.33. The van der Waals surface area contributed by atoms with Crippen molar-refractivity contribution in [3.05, 3.63) is 53.7 Å². The minimum Gasteiger partial charge on any atom is -0.317 e. The summed E-state index contributed by atoms with van der Waals surface area (Å²) in [5.41, 5.74) is 1.88. The van der Waals surface area contributed by atoms with Crippen molar-refractivity contribution in [2.75, 3.05) is 39.0 Å². The van der Waals surface area contributed by atoms with Crippen LogP contribution in [-0.2, 0) is 10.3 Å². The van der Waals surface area contributed by atoms with E-state index < -0.39 is 0 Å². The van der Waals surface area contributed by atoms with Crippen LogP contribution in [0.1, 0.15) is 56.2 Å². The van der Waals surface area contributed by atoms with Gasteiger partial charge in [0, 0.05) is 18.6 Å². The molecular formula is C28H38N6O2. The summed E-state index contributed by atoms with van der Waals surface area (Å²) in [7, 11) is 4.34. The lowest BCUT2D eigenvalue weighted by Gasteiger charge is -2.51. The number of carbonyl (C=O) groups is 2. The molecule has 1 N–H and O–H groups in total. The maximum atomic E-state index is 13.7. The van der Waals surface area contributed by atoms with Crippen molar-refractivity contribution in [2.24, 2.45) is 5.92 Å². The van der Waals surface area contributed by atoms with E-state index in [2.05, 4.69) is 69.7 Å². The minimum atomic E-state index is -0.232. The summed E-state index contributed by atoms with van der Waals surface area (Å²) >= 11 is 0. The number of hydrogen-bond donors (Lipinski definition) is 1. The normalized spacial score (nSPS) is 26.5. The molecule has 1 spiro atoms. The fourth-order valence-corrected chi connectivity index (χ4v) is 6.33. The minimum absolute atomic E-state index is 0.00380. The number of aromatic nitrogens is 2. The second-order valence-corrected chi connectivity index (χ2v) is 11.2. The van der Waals surface area contributed by atoms with Gasteiger partial charge in [-0.2, -0.15) is 5.10 Å². The molecule has 1 aromatic carbocycles. The molecule has 5 rings (SSSR count). The van der Waals surface area contributed by atoms with Crippen LogP contribution in [0.15, 0.2) is 42.5 Å². The number of nitrogens with zero attached hydrogens (tertiary/aromatic N) is 5. The van der Waals surface area contributed by atoms with Crippen LogP contribution in [0.3, 0.4) is 0 Å². The lowest BCUT2D eigenvalue weighted by atomic mass is 9.68. The van der Waals surface area contributed by atoms with Gasteiger partial charge in [-0.3, -0.25) is 9.69 Å². The van der Waals surface area contributed by atoms with Crippen molar-refractivity contribution in [1.82, 2.24) is 24.9 Å². The van der Waals surface area contributed by atoms with Gasteiger partial charge in [-0.05, 0) is 83.2 Å². The van der Waals surface area contributed by atoms with Crippen LogP contribution in [0.4, 0.5) is 10.6 Å². The van der Waals surface area contributed by atoms with Gasteiger partial charge in [0.1, 0.15) is 6.54 Å². The number of rotatable bonds is 7. The van der Waals surface area contributed by atoms with Crippen LogP contribution in [0.25, 0.3) is 0 Å². The Morgan fingerprint density at radius 1 is 1.06 bits per heavy atom. The predicted molar refractivity (Wildman–Crippen MR) is 139 cm³/mol. The lowest BCUT2D eigenvalue weighted by Crippen LogP contribution is -2.56. The molecule has 2 aromatic rings. The molecule has 192 valence electrons. The highest BCUT2D eigenvalue weighted by Crippen LogP contribution is 2.49. The third-order valence-electron chi connectivity index (χ3n) is 8.80. The van der Waals surface area contributed by atoms with Gasteiger partial charge in [0.05, 0.1) is 11.2 Å². The number of carbonyl (C=O) groups excluding carboxylic acids is 2. The van der Waals surface area contributed by atoms with Crippen molar-refractivity contribution in [1.29, 1.82) is 0 Å². The second-order valence-electron chi connectivity index (χ2n) is 11.2. The number of aryl methyl sites for hydroxylation is 1. The highest BCUT2D eigenvalue weighted by atomic mass is 16.2. The van der Waals surface area contributed by atoms with E-state index in [0.717, 1.165) is 37.9 Å². The fourth-order valence-electron chi connectivity index (χ4n) is 6.33. The van der Waals surface area contributed by atoms with Crippen molar-refractivity contribution in [3.8, 4) is 0 Å². The highest BCUT2D eigenvalue weighted by Gasteiger charge is 2.55. The zero-order valence-electron chi connectivity index (χ0n) is 21.7. The first-order chi connectivity index (χ1) is 17.3. The van der Waals surface area contributed by atoms with E-state index in [1.165, 1.54) is 24.8 Å². The Morgan fingerprint density at radius 2 is 1.78 bits per heavy atom. The number of hydrogen-bond acceptors (Lipinski definition) is 5. The molecular weight excluding hydrogens is 452 g/mol. The molecule has 8 nitrogen and oxygen atoms in total. The van der Waals surface area contributed by atoms with Crippen molar-refractivity contribution in [2.45, 2.75) is 62.9 Å². The van der Waals surface area contributed by atoms with E-state index in [-0.39, 0.29) is 29.6 Å². The summed E-state index contributed by atoms with van der Waals surface area (Å²) in [5.74, 6) is 0.761. The highest BCUT2D eigenvalue weighted by molar-refractivity contribution is 5.94. The number of amides is 3. The van der Waals surface area contributed by atoms with E-state index in [4.69, 9.17) is 0 Å². The molecule has 0 bridgehead atoms. The molecule has 2 aliphatic carbocycles. The van der Waals surface area contributed by atoms with Crippen molar-refractivity contribution in [3.63, 3.8) is 0 Å². The third-order valence-corrected chi connectivity index (χ3v) is 8.80. The molecule has 2 saturated carbocycles. The van der Waals surface area contributed by atoms with E-state index in [9.17, 15) is 9.59 Å². The number of anilines is 1. The standard InChI is InChI=1S/C28H38N6O2/c1-21-12-13-24(31-30-21)29-25(35)19-33-20-27(34(26(33)36)18-22-8-7-9-22)14-16-28(17-15-27,32(2)3)23-10-5-4-6-11-23/h4-6,10-13,22H,7-9,14-20H2,1-3H3,(H,29,31,35). The summed E-state index contributed by atoms with van der Waals surface area (Å²) in [5, 5.41) is 10.8. The molecule has 3 aliphatic rings. The van der Waals surface area contributed by atoms with Gasteiger partial charge < -0.3 is 15.1 Å². The number of urea groups is 1. The van der Waals surface area contributed by atoms with Gasteiger partial charge in [0.15, 0.2) is 5.82 Å². The van der Waals surface area contributed by atoms with Crippen LogP contribution in [0, 0.1) is 12.8 Å². The molecule has 2 heterocycles.